The quantitative estimate of drug-likeness (QED) is 0.312. The summed E-state index contributed by atoms with van der Waals surface area (Å²) in [4.78, 5) is 42.6. The molecule has 1 amide bonds. The van der Waals surface area contributed by atoms with Crippen LogP contribution in [-0.2, 0) is 24.1 Å². The number of fused-ring (bicyclic) bond motifs is 4. The van der Waals surface area contributed by atoms with E-state index < -0.39 is 11.3 Å². The van der Waals surface area contributed by atoms with E-state index in [1.54, 1.807) is 4.57 Å². The van der Waals surface area contributed by atoms with E-state index in [4.69, 9.17) is 9.82 Å². The van der Waals surface area contributed by atoms with Crippen LogP contribution in [0.2, 0.25) is 0 Å². The molecular formula is C32H34N6O3. The number of anilines is 2. The van der Waals surface area contributed by atoms with Gasteiger partial charge in [-0.05, 0) is 92.3 Å². The second kappa shape index (κ2) is 10.7. The molecule has 2 aromatic heterocycles. The Kier molecular flexibility index (Phi) is 6.76. The van der Waals surface area contributed by atoms with Gasteiger partial charge in [0.05, 0.1) is 12.5 Å². The first-order chi connectivity index (χ1) is 20.1. The van der Waals surface area contributed by atoms with Gasteiger partial charge >= 0.3 is 0 Å². The van der Waals surface area contributed by atoms with Crippen LogP contribution >= 0.6 is 0 Å². The van der Waals surface area contributed by atoms with E-state index in [1.165, 1.54) is 61.9 Å². The highest BCUT2D eigenvalue weighted by Gasteiger charge is 2.38. The molecule has 0 spiro atoms. The van der Waals surface area contributed by atoms with Crippen LogP contribution in [0.5, 0.6) is 0 Å². The summed E-state index contributed by atoms with van der Waals surface area (Å²) in [5.41, 5.74) is 7.84. The van der Waals surface area contributed by atoms with Gasteiger partial charge in [-0.3, -0.25) is 19.3 Å². The third kappa shape index (κ3) is 4.89. The van der Waals surface area contributed by atoms with E-state index in [0.717, 1.165) is 55.7 Å². The summed E-state index contributed by atoms with van der Waals surface area (Å²) < 4.78 is 1.79. The number of aromatic nitrogens is 3. The molecule has 3 aliphatic rings. The van der Waals surface area contributed by atoms with Gasteiger partial charge in [-0.2, -0.15) is 4.98 Å². The van der Waals surface area contributed by atoms with E-state index >= 15 is 0 Å². The maximum atomic E-state index is 13.3. The minimum Gasteiger partial charge on any atom is -0.324 e. The van der Waals surface area contributed by atoms with E-state index in [-0.39, 0.29) is 10.9 Å². The van der Waals surface area contributed by atoms with Crippen molar-refractivity contribution in [2.24, 2.45) is 0 Å². The van der Waals surface area contributed by atoms with Gasteiger partial charge in [0.15, 0.2) is 5.65 Å². The lowest BCUT2D eigenvalue weighted by atomic mass is 10.0. The fourth-order valence-electron chi connectivity index (χ4n) is 6.91. The summed E-state index contributed by atoms with van der Waals surface area (Å²) >= 11 is 0. The molecule has 1 aliphatic carbocycles. The van der Waals surface area contributed by atoms with Crippen LogP contribution in [-0.4, -0.2) is 51.1 Å². The number of carbonyl (C=O) groups is 1. The summed E-state index contributed by atoms with van der Waals surface area (Å²) in [5.74, 6) is -0.240. The molecule has 4 aromatic rings. The van der Waals surface area contributed by atoms with Crippen LogP contribution in [0, 0.1) is 0 Å². The lowest BCUT2D eigenvalue weighted by Crippen LogP contribution is -2.30. The fourth-order valence-corrected chi connectivity index (χ4v) is 6.91. The molecule has 9 nitrogen and oxygen atoms in total. The molecule has 2 fully saturated rings. The number of benzene rings is 2. The molecule has 0 atom stereocenters. The lowest BCUT2D eigenvalue weighted by Gasteiger charge is -2.21. The highest BCUT2D eigenvalue weighted by Crippen LogP contribution is 2.37. The van der Waals surface area contributed by atoms with Crippen molar-refractivity contribution in [3.05, 3.63) is 87.3 Å². The van der Waals surface area contributed by atoms with Crippen molar-refractivity contribution in [1.82, 2.24) is 24.9 Å². The van der Waals surface area contributed by atoms with Gasteiger partial charge in [-0.15, -0.1) is 0 Å². The van der Waals surface area contributed by atoms with Crippen molar-refractivity contribution in [2.75, 3.05) is 19.0 Å². The van der Waals surface area contributed by atoms with E-state index in [0.29, 0.717) is 11.6 Å². The molecule has 2 bridgehead atoms. The summed E-state index contributed by atoms with van der Waals surface area (Å²) in [7, 11) is 1.34. The smallest absolute Gasteiger partial charge is 0.280 e. The Balaban J connectivity index is 1.18. The van der Waals surface area contributed by atoms with Gasteiger partial charge in [0.25, 0.3) is 5.91 Å². The summed E-state index contributed by atoms with van der Waals surface area (Å²) in [5, 5.41) is 3.55. The summed E-state index contributed by atoms with van der Waals surface area (Å²) in [6.07, 6.45) is 12.7. The van der Waals surface area contributed by atoms with Crippen molar-refractivity contribution in [3.8, 4) is 5.69 Å². The number of aryl methyl sites for hydroxylation is 2. The second-order valence-corrected chi connectivity index (χ2v) is 11.4. The number of rotatable bonds is 8. The second-order valence-electron chi connectivity index (χ2n) is 11.4. The predicted octanol–water partition coefficient (Wildman–Crippen LogP) is 4.47. The number of hydrogen-bond donors (Lipinski definition) is 2. The molecule has 0 saturated carbocycles. The minimum atomic E-state index is -0.617. The first kappa shape index (κ1) is 25.9. The number of carbonyl (C=O) groups excluding carboxylic acids is 1. The zero-order chi connectivity index (χ0) is 27.9. The maximum Gasteiger partial charge on any atom is 0.280 e. The van der Waals surface area contributed by atoms with Crippen LogP contribution in [0.3, 0.4) is 0 Å². The molecule has 4 heterocycles. The monoisotopic (exact) mass is 550 g/mol. The first-order valence-electron chi connectivity index (χ1n) is 14.6. The SMILES string of the molecule is CONC(=O)c1cn(-c2ccc3c(c2)CCC3)c2nc(Nc3ccc(CCN4C5CCC4CC5)cc3)ncc2c1=O. The minimum absolute atomic E-state index is 0.0401. The van der Waals surface area contributed by atoms with Gasteiger partial charge in [0, 0.05) is 42.4 Å². The zero-order valence-corrected chi connectivity index (χ0v) is 23.2. The molecule has 0 radical (unpaired) electrons. The van der Waals surface area contributed by atoms with Crippen LogP contribution in [0.1, 0.15) is 59.2 Å². The van der Waals surface area contributed by atoms with Crippen molar-refractivity contribution >= 4 is 28.6 Å². The Labute approximate surface area is 238 Å². The normalized spacial score (nSPS) is 19.5. The Morgan fingerprint density at radius 2 is 1.78 bits per heavy atom. The van der Waals surface area contributed by atoms with E-state index in [2.05, 4.69) is 44.9 Å². The van der Waals surface area contributed by atoms with Crippen LogP contribution < -0.4 is 16.2 Å². The molecule has 0 unspecified atom stereocenters. The number of hydroxylamine groups is 1. The van der Waals surface area contributed by atoms with E-state index in [9.17, 15) is 9.59 Å². The summed E-state index contributed by atoms with van der Waals surface area (Å²) in [6, 6.07) is 16.2. The number of nitrogens with one attached hydrogen (secondary N) is 2. The molecular weight excluding hydrogens is 516 g/mol. The van der Waals surface area contributed by atoms with Gasteiger partial charge in [-0.25, -0.2) is 10.5 Å². The van der Waals surface area contributed by atoms with Gasteiger partial charge < -0.3 is 9.88 Å². The Morgan fingerprint density at radius 1 is 1.02 bits per heavy atom. The first-order valence-corrected chi connectivity index (χ1v) is 14.6. The molecule has 7 rings (SSSR count). The van der Waals surface area contributed by atoms with Crippen molar-refractivity contribution in [1.29, 1.82) is 0 Å². The molecule has 9 heteroatoms. The molecule has 2 N–H and O–H groups in total. The van der Waals surface area contributed by atoms with Crippen LogP contribution in [0.25, 0.3) is 16.7 Å². The Bertz CT molecular complexity index is 1660. The third-order valence-corrected chi connectivity index (χ3v) is 9.02. The van der Waals surface area contributed by atoms with Crippen LogP contribution in [0.4, 0.5) is 11.6 Å². The maximum absolute atomic E-state index is 13.3. The molecule has 2 aromatic carbocycles. The summed E-state index contributed by atoms with van der Waals surface area (Å²) in [6.45, 7) is 1.13. The van der Waals surface area contributed by atoms with Crippen molar-refractivity contribution < 1.29 is 9.63 Å². The highest BCUT2D eigenvalue weighted by molar-refractivity contribution is 5.96. The van der Waals surface area contributed by atoms with Crippen molar-refractivity contribution in [3.63, 3.8) is 0 Å². The van der Waals surface area contributed by atoms with Crippen molar-refractivity contribution in [2.45, 2.75) is 63.5 Å². The Morgan fingerprint density at radius 3 is 2.54 bits per heavy atom. The molecule has 2 saturated heterocycles. The third-order valence-electron chi connectivity index (χ3n) is 9.02. The number of nitrogens with zero attached hydrogens (tertiary/aromatic N) is 4. The van der Waals surface area contributed by atoms with Gasteiger partial charge in [-0.1, -0.05) is 18.2 Å². The topological polar surface area (TPSA) is 101 Å². The average molecular weight is 551 g/mol. The lowest BCUT2D eigenvalue weighted by molar-refractivity contribution is 0.0536. The van der Waals surface area contributed by atoms with E-state index in [1.807, 2.05) is 18.2 Å². The van der Waals surface area contributed by atoms with Gasteiger partial charge in [0.2, 0.25) is 11.4 Å². The fraction of sp³-hybridized carbons (Fsp3) is 0.375. The molecule has 210 valence electrons. The molecule has 2 aliphatic heterocycles. The zero-order valence-electron chi connectivity index (χ0n) is 23.2. The number of hydrogen-bond acceptors (Lipinski definition) is 7. The number of amides is 1. The average Bonchev–Trinajstić information content (AvgIpc) is 3.73. The van der Waals surface area contributed by atoms with Gasteiger partial charge in [0.1, 0.15) is 5.56 Å². The number of pyridine rings is 1. The Hall–Kier alpha value is -4.08. The molecule has 41 heavy (non-hydrogen) atoms. The predicted molar refractivity (Wildman–Crippen MR) is 158 cm³/mol. The largest absolute Gasteiger partial charge is 0.324 e. The standard InChI is InChI=1S/C32H34N6O3/c1-41-36-31(40)28-19-38(26-10-7-21-3-2-4-22(21)17-26)30-27(29(28)39)18-33-32(35-30)34-23-8-5-20(6-9-23)15-16-37-24-11-12-25(37)14-13-24/h5-10,17-19,24-25H,2-4,11-16H2,1H3,(H,36,40)(H,33,34,35). The van der Waals surface area contributed by atoms with Crippen LogP contribution in [0.15, 0.2) is 59.7 Å². The highest BCUT2D eigenvalue weighted by atomic mass is 16.6.